The van der Waals surface area contributed by atoms with Crippen LogP contribution < -0.4 is 15.4 Å². The van der Waals surface area contributed by atoms with Gasteiger partial charge in [0.25, 0.3) is 0 Å². The SMILES string of the molecule is C/C=C/CCNC(=O)NCc1ccccc1OCCO. The quantitative estimate of drug-likeness (QED) is 0.502. The van der Waals surface area contributed by atoms with E-state index in [0.29, 0.717) is 18.8 Å². The average molecular weight is 278 g/mol. The molecule has 2 amide bonds. The molecule has 0 saturated carbocycles. The number of rotatable bonds is 8. The van der Waals surface area contributed by atoms with E-state index < -0.39 is 0 Å². The molecule has 0 atom stereocenters. The Morgan fingerprint density at radius 2 is 2.15 bits per heavy atom. The zero-order valence-corrected chi connectivity index (χ0v) is 11.8. The molecule has 0 aliphatic heterocycles. The van der Waals surface area contributed by atoms with Crippen LogP contribution in [0.2, 0.25) is 0 Å². The van der Waals surface area contributed by atoms with E-state index in [0.717, 1.165) is 12.0 Å². The van der Waals surface area contributed by atoms with Crippen LogP contribution in [0.15, 0.2) is 36.4 Å². The van der Waals surface area contributed by atoms with Gasteiger partial charge >= 0.3 is 6.03 Å². The molecule has 0 bridgehead atoms. The van der Waals surface area contributed by atoms with Gasteiger partial charge in [0.05, 0.1) is 6.61 Å². The Bertz CT molecular complexity index is 433. The normalized spacial score (nSPS) is 10.5. The van der Waals surface area contributed by atoms with Crippen LogP contribution in [0.3, 0.4) is 0 Å². The van der Waals surface area contributed by atoms with Crippen LogP contribution in [0.25, 0.3) is 0 Å². The van der Waals surface area contributed by atoms with Gasteiger partial charge in [-0.2, -0.15) is 0 Å². The van der Waals surface area contributed by atoms with Crippen LogP contribution in [0.4, 0.5) is 4.79 Å². The molecule has 1 rings (SSSR count). The van der Waals surface area contributed by atoms with Gasteiger partial charge in [-0.05, 0) is 19.4 Å². The number of ether oxygens (including phenoxy) is 1. The Morgan fingerprint density at radius 1 is 1.35 bits per heavy atom. The van der Waals surface area contributed by atoms with Gasteiger partial charge in [0.15, 0.2) is 0 Å². The monoisotopic (exact) mass is 278 g/mol. The fourth-order valence-electron chi connectivity index (χ4n) is 1.62. The predicted molar refractivity (Wildman–Crippen MR) is 78.7 cm³/mol. The van der Waals surface area contributed by atoms with Gasteiger partial charge in [0.2, 0.25) is 0 Å². The number of hydrogen-bond acceptors (Lipinski definition) is 3. The maximum atomic E-state index is 11.6. The van der Waals surface area contributed by atoms with E-state index in [-0.39, 0.29) is 19.2 Å². The van der Waals surface area contributed by atoms with Gasteiger partial charge in [-0.15, -0.1) is 0 Å². The van der Waals surface area contributed by atoms with Gasteiger partial charge in [-0.3, -0.25) is 0 Å². The van der Waals surface area contributed by atoms with Crippen molar-refractivity contribution >= 4 is 6.03 Å². The first-order valence-corrected chi connectivity index (χ1v) is 6.72. The number of aliphatic hydroxyl groups excluding tert-OH is 1. The molecule has 0 unspecified atom stereocenters. The third kappa shape index (κ3) is 6.24. The number of carbonyl (C=O) groups is 1. The van der Waals surface area contributed by atoms with Gasteiger partial charge in [-0.1, -0.05) is 30.4 Å². The largest absolute Gasteiger partial charge is 0.491 e. The van der Waals surface area contributed by atoms with E-state index in [1.165, 1.54) is 0 Å². The molecule has 1 aromatic rings. The number of urea groups is 1. The molecule has 0 aliphatic rings. The van der Waals surface area contributed by atoms with Gasteiger partial charge in [0, 0.05) is 18.7 Å². The molecule has 3 N–H and O–H groups in total. The van der Waals surface area contributed by atoms with Gasteiger partial charge < -0.3 is 20.5 Å². The molecule has 20 heavy (non-hydrogen) atoms. The highest BCUT2D eigenvalue weighted by Gasteiger charge is 2.04. The molecule has 0 aromatic heterocycles. The number of allylic oxidation sites excluding steroid dienone is 1. The number of para-hydroxylation sites is 1. The van der Waals surface area contributed by atoms with E-state index in [9.17, 15) is 4.79 Å². The van der Waals surface area contributed by atoms with Crippen LogP contribution in [-0.4, -0.2) is 30.9 Å². The molecule has 0 spiro atoms. The lowest BCUT2D eigenvalue weighted by molar-refractivity contribution is 0.200. The van der Waals surface area contributed by atoms with E-state index >= 15 is 0 Å². The van der Waals surface area contributed by atoms with Crippen LogP contribution >= 0.6 is 0 Å². The van der Waals surface area contributed by atoms with Crippen molar-refractivity contribution in [1.29, 1.82) is 0 Å². The molecular formula is C15H22N2O3. The highest BCUT2D eigenvalue weighted by molar-refractivity contribution is 5.73. The van der Waals surface area contributed by atoms with Crippen LogP contribution in [0.5, 0.6) is 5.75 Å². The summed E-state index contributed by atoms with van der Waals surface area (Å²) in [6.45, 7) is 3.15. The molecule has 110 valence electrons. The van der Waals surface area contributed by atoms with E-state index in [1.807, 2.05) is 43.3 Å². The maximum absolute atomic E-state index is 11.6. The Labute approximate surface area is 119 Å². The van der Waals surface area contributed by atoms with Crippen molar-refractivity contribution in [2.45, 2.75) is 19.9 Å². The van der Waals surface area contributed by atoms with Gasteiger partial charge in [-0.25, -0.2) is 4.79 Å². The number of hydrogen-bond donors (Lipinski definition) is 3. The third-order valence-corrected chi connectivity index (χ3v) is 2.59. The summed E-state index contributed by atoms with van der Waals surface area (Å²) in [5.41, 5.74) is 0.879. The smallest absolute Gasteiger partial charge is 0.315 e. The number of benzene rings is 1. The van der Waals surface area contributed by atoms with Crippen LogP contribution in [0, 0.1) is 0 Å². The standard InChI is InChI=1S/C15H22N2O3/c1-2-3-6-9-16-15(19)17-12-13-7-4-5-8-14(13)20-11-10-18/h2-5,7-8,18H,6,9-12H2,1H3,(H2,16,17,19)/b3-2+. The lowest BCUT2D eigenvalue weighted by Gasteiger charge is -2.11. The summed E-state index contributed by atoms with van der Waals surface area (Å²) in [4.78, 5) is 11.6. The summed E-state index contributed by atoms with van der Waals surface area (Å²) in [6.07, 6.45) is 4.77. The molecule has 0 saturated heterocycles. The molecule has 0 aliphatic carbocycles. The van der Waals surface area contributed by atoms with Crippen molar-refractivity contribution in [3.05, 3.63) is 42.0 Å². The lowest BCUT2D eigenvalue weighted by atomic mass is 10.2. The van der Waals surface area contributed by atoms with Crippen LogP contribution in [-0.2, 0) is 6.54 Å². The zero-order chi connectivity index (χ0) is 14.6. The molecule has 0 heterocycles. The summed E-state index contributed by atoms with van der Waals surface area (Å²) in [5, 5.41) is 14.3. The highest BCUT2D eigenvalue weighted by atomic mass is 16.5. The van der Waals surface area contributed by atoms with Crippen molar-refractivity contribution in [2.24, 2.45) is 0 Å². The van der Waals surface area contributed by atoms with Crippen molar-refractivity contribution in [3.8, 4) is 5.75 Å². The molecule has 0 fully saturated rings. The van der Waals surface area contributed by atoms with E-state index in [1.54, 1.807) is 0 Å². The van der Waals surface area contributed by atoms with Crippen molar-refractivity contribution in [3.63, 3.8) is 0 Å². The minimum absolute atomic E-state index is 0.0345. The number of carbonyl (C=O) groups excluding carboxylic acids is 1. The first kappa shape index (κ1) is 16.0. The second-order valence-corrected chi connectivity index (χ2v) is 4.15. The summed E-state index contributed by atoms with van der Waals surface area (Å²) >= 11 is 0. The molecule has 5 nitrogen and oxygen atoms in total. The summed E-state index contributed by atoms with van der Waals surface area (Å²) in [7, 11) is 0. The number of amides is 2. The fourth-order valence-corrected chi connectivity index (χ4v) is 1.62. The minimum Gasteiger partial charge on any atom is -0.491 e. The van der Waals surface area contributed by atoms with Crippen molar-refractivity contribution in [1.82, 2.24) is 10.6 Å². The first-order valence-electron chi connectivity index (χ1n) is 6.72. The summed E-state index contributed by atoms with van der Waals surface area (Å²) < 4.78 is 5.40. The van der Waals surface area contributed by atoms with Crippen molar-refractivity contribution in [2.75, 3.05) is 19.8 Å². The van der Waals surface area contributed by atoms with E-state index in [2.05, 4.69) is 10.6 Å². The predicted octanol–water partition coefficient (Wildman–Crippen LogP) is 1.82. The minimum atomic E-state index is -0.202. The first-order chi connectivity index (χ1) is 9.77. The Morgan fingerprint density at radius 3 is 2.90 bits per heavy atom. The Balaban J connectivity index is 2.38. The fraction of sp³-hybridized carbons (Fsp3) is 0.400. The Hall–Kier alpha value is -2.01. The zero-order valence-electron chi connectivity index (χ0n) is 11.8. The lowest BCUT2D eigenvalue weighted by Crippen LogP contribution is -2.35. The summed E-state index contributed by atoms with van der Waals surface area (Å²) in [6, 6.07) is 7.23. The second kappa shape index (κ2) is 9.86. The summed E-state index contributed by atoms with van der Waals surface area (Å²) in [5.74, 6) is 0.677. The topological polar surface area (TPSA) is 70.6 Å². The molecular weight excluding hydrogens is 256 g/mol. The second-order valence-electron chi connectivity index (χ2n) is 4.15. The van der Waals surface area contributed by atoms with E-state index in [4.69, 9.17) is 9.84 Å². The molecule has 0 radical (unpaired) electrons. The van der Waals surface area contributed by atoms with Gasteiger partial charge in [0.1, 0.15) is 12.4 Å². The van der Waals surface area contributed by atoms with Crippen molar-refractivity contribution < 1.29 is 14.6 Å². The number of nitrogens with one attached hydrogen (secondary N) is 2. The highest BCUT2D eigenvalue weighted by Crippen LogP contribution is 2.17. The number of aliphatic hydroxyl groups is 1. The molecule has 1 aromatic carbocycles. The average Bonchev–Trinajstić information content (AvgIpc) is 2.48. The third-order valence-electron chi connectivity index (χ3n) is 2.59. The maximum Gasteiger partial charge on any atom is 0.315 e. The molecule has 5 heteroatoms. The Kier molecular flexibility index (Phi) is 7.91. The van der Waals surface area contributed by atoms with Crippen LogP contribution in [0.1, 0.15) is 18.9 Å².